The van der Waals surface area contributed by atoms with Crippen molar-refractivity contribution >= 4 is 18.0 Å². The number of carbonyl (C=O) groups is 3. The molecular weight excluding hydrogens is 350 g/mol. The second-order valence-corrected chi connectivity index (χ2v) is 5.86. The molecule has 0 aliphatic rings. The van der Waals surface area contributed by atoms with Crippen molar-refractivity contribution in [3.05, 3.63) is 71.8 Å². The van der Waals surface area contributed by atoms with Gasteiger partial charge in [0.2, 0.25) is 0 Å². The van der Waals surface area contributed by atoms with Crippen molar-refractivity contribution in [3.8, 4) is 0 Å². The van der Waals surface area contributed by atoms with Gasteiger partial charge < -0.3 is 14.6 Å². The minimum absolute atomic E-state index is 0.00874. The standard InChI is InChI=1S/C20H21NO6/c1-21(20(25)27-14-16-10-6-3-7-11-16)17(19(23)24)12-18(22)26-13-15-8-4-2-5-9-15/h2-11,17H,12-14H2,1H3,(H,23,24)/t17-/m1/s1. The van der Waals surface area contributed by atoms with Crippen molar-refractivity contribution in [2.24, 2.45) is 0 Å². The predicted octanol–water partition coefficient (Wildman–Crippen LogP) is 2.84. The van der Waals surface area contributed by atoms with Crippen LogP contribution in [-0.4, -0.2) is 41.1 Å². The molecule has 1 atom stereocenters. The molecule has 0 fully saturated rings. The summed E-state index contributed by atoms with van der Waals surface area (Å²) in [6.45, 7) is 0.0446. The SMILES string of the molecule is CN(C(=O)OCc1ccccc1)[C@H](CC(=O)OCc1ccccc1)C(=O)O. The predicted molar refractivity (Wildman–Crippen MR) is 96.7 cm³/mol. The third-order valence-corrected chi connectivity index (χ3v) is 3.85. The van der Waals surface area contributed by atoms with Crippen LogP contribution in [0.5, 0.6) is 0 Å². The van der Waals surface area contributed by atoms with Gasteiger partial charge in [-0.15, -0.1) is 0 Å². The van der Waals surface area contributed by atoms with E-state index < -0.39 is 30.5 Å². The number of hydrogen-bond donors (Lipinski definition) is 1. The quantitative estimate of drug-likeness (QED) is 0.717. The largest absolute Gasteiger partial charge is 0.480 e. The summed E-state index contributed by atoms with van der Waals surface area (Å²) in [5.41, 5.74) is 1.56. The maximum absolute atomic E-state index is 12.1. The normalized spacial score (nSPS) is 11.3. The first-order valence-electron chi connectivity index (χ1n) is 8.33. The monoisotopic (exact) mass is 371 g/mol. The second-order valence-electron chi connectivity index (χ2n) is 5.86. The topological polar surface area (TPSA) is 93.1 Å². The second kappa shape index (κ2) is 9.96. The molecular formula is C20H21NO6. The smallest absolute Gasteiger partial charge is 0.410 e. The van der Waals surface area contributed by atoms with Gasteiger partial charge in [-0.3, -0.25) is 9.69 Å². The van der Waals surface area contributed by atoms with Crippen LogP contribution in [0.2, 0.25) is 0 Å². The van der Waals surface area contributed by atoms with Gasteiger partial charge in [0.1, 0.15) is 19.3 Å². The third kappa shape index (κ3) is 6.47. The van der Waals surface area contributed by atoms with E-state index in [0.29, 0.717) is 0 Å². The number of carbonyl (C=O) groups excluding carboxylic acids is 2. The Morgan fingerprint density at radius 1 is 0.889 bits per heavy atom. The summed E-state index contributed by atoms with van der Waals surface area (Å²) in [5.74, 6) is -2.03. The fourth-order valence-electron chi connectivity index (χ4n) is 2.29. The molecule has 1 amide bonds. The van der Waals surface area contributed by atoms with E-state index >= 15 is 0 Å². The highest BCUT2D eigenvalue weighted by molar-refractivity contribution is 5.85. The molecule has 0 bridgehead atoms. The van der Waals surface area contributed by atoms with Gasteiger partial charge in [0.25, 0.3) is 0 Å². The summed E-state index contributed by atoms with van der Waals surface area (Å²) in [7, 11) is 1.27. The third-order valence-electron chi connectivity index (χ3n) is 3.85. The molecule has 0 radical (unpaired) electrons. The lowest BCUT2D eigenvalue weighted by molar-refractivity contribution is -0.152. The molecule has 0 aliphatic carbocycles. The van der Waals surface area contributed by atoms with Gasteiger partial charge in [-0.2, -0.15) is 0 Å². The molecule has 0 saturated heterocycles. The molecule has 2 aromatic carbocycles. The summed E-state index contributed by atoms with van der Waals surface area (Å²) >= 11 is 0. The van der Waals surface area contributed by atoms with Crippen molar-refractivity contribution in [1.29, 1.82) is 0 Å². The van der Waals surface area contributed by atoms with Gasteiger partial charge in [-0.05, 0) is 11.1 Å². The molecule has 2 aromatic rings. The number of ether oxygens (including phenoxy) is 2. The first-order chi connectivity index (χ1) is 13.0. The van der Waals surface area contributed by atoms with E-state index in [4.69, 9.17) is 9.47 Å². The Labute approximate surface area is 157 Å². The zero-order valence-electron chi connectivity index (χ0n) is 14.9. The van der Waals surface area contributed by atoms with E-state index in [9.17, 15) is 19.5 Å². The van der Waals surface area contributed by atoms with Gasteiger partial charge in [0.15, 0.2) is 0 Å². The highest BCUT2D eigenvalue weighted by atomic mass is 16.6. The molecule has 0 aromatic heterocycles. The fourth-order valence-corrected chi connectivity index (χ4v) is 2.29. The van der Waals surface area contributed by atoms with Crippen LogP contribution in [0, 0.1) is 0 Å². The maximum Gasteiger partial charge on any atom is 0.410 e. The Balaban J connectivity index is 1.87. The first-order valence-corrected chi connectivity index (χ1v) is 8.33. The van der Waals surface area contributed by atoms with Crippen molar-refractivity contribution in [2.45, 2.75) is 25.7 Å². The number of amides is 1. The molecule has 7 heteroatoms. The number of hydrogen-bond acceptors (Lipinski definition) is 5. The van der Waals surface area contributed by atoms with Crippen LogP contribution in [0.25, 0.3) is 0 Å². The van der Waals surface area contributed by atoms with Crippen molar-refractivity contribution in [3.63, 3.8) is 0 Å². The Bertz CT molecular complexity index is 763. The molecule has 1 N–H and O–H groups in total. The van der Waals surface area contributed by atoms with Crippen LogP contribution in [0.4, 0.5) is 4.79 Å². The van der Waals surface area contributed by atoms with Crippen LogP contribution < -0.4 is 0 Å². The Morgan fingerprint density at radius 3 is 1.85 bits per heavy atom. The number of likely N-dealkylation sites (N-methyl/N-ethyl adjacent to an activating group) is 1. The zero-order chi connectivity index (χ0) is 19.6. The number of esters is 1. The van der Waals surface area contributed by atoms with Crippen LogP contribution in [0.1, 0.15) is 17.5 Å². The van der Waals surface area contributed by atoms with Gasteiger partial charge in [-0.1, -0.05) is 60.7 Å². The van der Waals surface area contributed by atoms with E-state index in [1.807, 2.05) is 12.1 Å². The van der Waals surface area contributed by atoms with E-state index in [1.165, 1.54) is 7.05 Å². The molecule has 2 rings (SSSR count). The van der Waals surface area contributed by atoms with E-state index in [-0.39, 0.29) is 13.2 Å². The number of carboxylic acids is 1. The summed E-state index contributed by atoms with van der Waals surface area (Å²) in [5, 5.41) is 9.35. The Kier molecular flexibility index (Phi) is 7.37. The molecule has 27 heavy (non-hydrogen) atoms. The number of benzene rings is 2. The van der Waals surface area contributed by atoms with Crippen LogP contribution in [0.15, 0.2) is 60.7 Å². The molecule has 0 spiro atoms. The van der Waals surface area contributed by atoms with E-state index in [2.05, 4.69) is 0 Å². The summed E-state index contributed by atoms with van der Waals surface area (Å²) in [4.78, 5) is 36.4. The lowest BCUT2D eigenvalue weighted by Gasteiger charge is -2.23. The number of carboxylic acid groups (broad SMARTS) is 1. The maximum atomic E-state index is 12.1. The van der Waals surface area contributed by atoms with Crippen molar-refractivity contribution in [2.75, 3.05) is 7.05 Å². The summed E-state index contributed by atoms with van der Waals surface area (Å²) in [6, 6.07) is 16.6. The minimum Gasteiger partial charge on any atom is -0.480 e. The van der Waals surface area contributed by atoms with E-state index in [0.717, 1.165) is 16.0 Å². The van der Waals surface area contributed by atoms with Gasteiger partial charge in [-0.25, -0.2) is 9.59 Å². The number of aliphatic carboxylic acids is 1. The summed E-state index contributed by atoms with van der Waals surface area (Å²) in [6.07, 6.45) is -1.30. The Hall–Kier alpha value is -3.35. The highest BCUT2D eigenvalue weighted by Gasteiger charge is 2.30. The Morgan fingerprint density at radius 2 is 1.37 bits per heavy atom. The average molecular weight is 371 g/mol. The molecule has 0 saturated carbocycles. The summed E-state index contributed by atoms with van der Waals surface area (Å²) < 4.78 is 10.2. The van der Waals surface area contributed by atoms with Crippen molar-refractivity contribution < 1.29 is 29.0 Å². The molecule has 0 unspecified atom stereocenters. The fraction of sp³-hybridized carbons (Fsp3) is 0.250. The minimum atomic E-state index is -1.38. The lowest BCUT2D eigenvalue weighted by atomic mass is 10.2. The number of rotatable bonds is 8. The van der Waals surface area contributed by atoms with Crippen molar-refractivity contribution in [1.82, 2.24) is 4.90 Å². The molecule has 142 valence electrons. The van der Waals surface area contributed by atoms with Gasteiger partial charge >= 0.3 is 18.0 Å². The number of nitrogens with zero attached hydrogens (tertiary/aromatic N) is 1. The molecule has 0 aliphatic heterocycles. The highest BCUT2D eigenvalue weighted by Crippen LogP contribution is 2.10. The zero-order valence-corrected chi connectivity index (χ0v) is 14.9. The van der Waals surface area contributed by atoms with Gasteiger partial charge in [0.05, 0.1) is 6.42 Å². The van der Waals surface area contributed by atoms with Crippen LogP contribution >= 0.6 is 0 Å². The molecule has 0 heterocycles. The lowest BCUT2D eigenvalue weighted by Crippen LogP contribution is -2.44. The first kappa shape index (κ1) is 20.0. The van der Waals surface area contributed by atoms with Crippen LogP contribution in [-0.2, 0) is 32.3 Å². The van der Waals surface area contributed by atoms with E-state index in [1.54, 1.807) is 48.5 Å². The van der Waals surface area contributed by atoms with Crippen LogP contribution in [0.3, 0.4) is 0 Å². The average Bonchev–Trinajstić information content (AvgIpc) is 2.69. The molecule has 7 nitrogen and oxygen atoms in total. The van der Waals surface area contributed by atoms with Gasteiger partial charge in [0, 0.05) is 7.05 Å².